The van der Waals surface area contributed by atoms with Crippen LogP contribution in [0, 0.1) is 0 Å². The number of benzene rings is 1. The van der Waals surface area contributed by atoms with E-state index in [0.717, 1.165) is 25.7 Å². The zero-order valence-electron chi connectivity index (χ0n) is 12.7. The Morgan fingerprint density at radius 1 is 1.13 bits per heavy atom. The number of alkyl halides is 3. The highest BCUT2D eigenvalue weighted by atomic mass is 79.9. The van der Waals surface area contributed by atoms with E-state index in [1.807, 2.05) is 4.90 Å². The van der Waals surface area contributed by atoms with Crippen molar-refractivity contribution in [1.29, 1.82) is 0 Å². The third-order valence-corrected chi connectivity index (χ3v) is 4.97. The van der Waals surface area contributed by atoms with Gasteiger partial charge in [-0.1, -0.05) is 41.6 Å². The maximum atomic E-state index is 13.5. The third kappa shape index (κ3) is 3.94. The number of halogens is 4. The van der Waals surface area contributed by atoms with Crippen LogP contribution in [-0.2, 0) is 10.9 Å². The van der Waals surface area contributed by atoms with Crippen LogP contribution in [0.1, 0.15) is 31.2 Å². The molecule has 0 N–H and O–H groups in total. The topological polar surface area (TPSA) is 26.6 Å². The highest BCUT2D eigenvalue weighted by molar-refractivity contribution is 9.10. The van der Waals surface area contributed by atoms with Crippen molar-refractivity contribution in [3.8, 4) is 0 Å². The van der Waals surface area contributed by atoms with E-state index in [2.05, 4.69) is 21.2 Å². The predicted octanol–water partition coefficient (Wildman–Crippen LogP) is 5.25. The summed E-state index contributed by atoms with van der Waals surface area (Å²) >= 11 is 3.31. The number of nitrogens with zero attached hydrogens (tertiary/aromatic N) is 2. The molecule has 0 aromatic heterocycles. The van der Waals surface area contributed by atoms with Crippen LogP contribution in [0.25, 0.3) is 5.32 Å². The van der Waals surface area contributed by atoms with E-state index in [9.17, 15) is 13.2 Å². The van der Waals surface area contributed by atoms with Crippen molar-refractivity contribution in [3.63, 3.8) is 0 Å². The first-order chi connectivity index (χ1) is 10.9. The Balaban J connectivity index is 1.94. The van der Waals surface area contributed by atoms with E-state index in [-0.39, 0.29) is 11.7 Å². The van der Waals surface area contributed by atoms with Crippen molar-refractivity contribution in [3.05, 3.63) is 27.5 Å². The summed E-state index contributed by atoms with van der Waals surface area (Å²) in [5.74, 6) is 0. The molecule has 3 nitrogen and oxygen atoms in total. The lowest BCUT2D eigenvalue weighted by molar-refractivity contribution is -0.136. The first-order valence-electron chi connectivity index (χ1n) is 7.89. The van der Waals surface area contributed by atoms with Crippen LogP contribution in [-0.4, -0.2) is 32.3 Å². The first-order valence-corrected chi connectivity index (χ1v) is 8.69. The summed E-state index contributed by atoms with van der Waals surface area (Å²) < 4.78 is 46.3. The molecule has 0 atom stereocenters. The van der Waals surface area contributed by atoms with Gasteiger partial charge < -0.3 is 15.0 Å². The molecular formula is C16H19BrF3N2O-. The zero-order chi connectivity index (χ0) is 16.4. The van der Waals surface area contributed by atoms with Crippen molar-refractivity contribution >= 4 is 27.3 Å². The second-order valence-corrected chi connectivity index (χ2v) is 6.84. The van der Waals surface area contributed by atoms with Gasteiger partial charge in [-0.15, -0.1) is 11.7 Å². The Labute approximate surface area is 142 Å². The van der Waals surface area contributed by atoms with Crippen molar-refractivity contribution < 1.29 is 17.9 Å². The molecule has 2 fully saturated rings. The van der Waals surface area contributed by atoms with E-state index < -0.39 is 11.7 Å². The fourth-order valence-corrected chi connectivity index (χ4v) is 3.70. The maximum Gasteiger partial charge on any atom is 0.415 e. The summed E-state index contributed by atoms with van der Waals surface area (Å²) in [6.45, 7) is 2.27. The molecule has 1 aliphatic carbocycles. The van der Waals surface area contributed by atoms with Gasteiger partial charge in [0.2, 0.25) is 0 Å². The van der Waals surface area contributed by atoms with E-state index in [1.54, 1.807) is 6.07 Å². The summed E-state index contributed by atoms with van der Waals surface area (Å²) in [6.07, 6.45) is -0.593. The van der Waals surface area contributed by atoms with Crippen molar-refractivity contribution in [2.75, 3.05) is 31.2 Å². The van der Waals surface area contributed by atoms with Crippen molar-refractivity contribution in [2.45, 2.75) is 37.9 Å². The molecule has 0 unspecified atom stereocenters. The van der Waals surface area contributed by atoms with Gasteiger partial charge in [0.05, 0.1) is 13.2 Å². The summed E-state index contributed by atoms with van der Waals surface area (Å²) in [5.41, 5.74) is -0.0421. The minimum atomic E-state index is -4.41. The highest BCUT2D eigenvalue weighted by Gasteiger charge is 2.33. The van der Waals surface area contributed by atoms with Gasteiger partial charge in [-0.05, 0) is 12.1 Å². The van der Waals surface area contributed by atoms with Gasteiger partial charge in [0.1, 0.15) is 0 Å². The molecular weight excluding hydrogens is 373 g/mol. The number of rotatable bonds is 3. The summed E-state index contributed by atoms with van der Waals surface area (Å²) in [7, 11) is 0. The molecule has 3 rings (SSSR count). The smallest absolute Gasteiger partial charge is 0.415 e. The second kappa shape index (κ2) is 6.89. The fraction of sp³-hybridized carbons (Fsp3) is 0.625. The number of morpholine rings is 1. The third-order valence-electron chi connectivity index (χ3n) is 4.37. The molecule has 2 aliphatic rings. The molecule has 1 aromatic carbocycles. The average molecular weight is 392 g/mol. The second-order valence-electron chi connectivity index (χ2n) is 5.99. The van der Waals surface area contributed by atoms with E-state index in [4.69, 9.17) is 4.74 Å². The van der Waals surface area contributed by atoms with Crippen LogP contribution >= 0.6 is 15.9 Å². The Morgan fingerprint density at radius 3 is 2.39 bits per heavy atom. The normalized spacial score (nSPS) is 20.1. The molecule has 1 aromatic rings. The van der Waals surface area contributed by atoms with E-state index >= 15 is 0 Å². The molecule has 7 heteroatoms. The summed E-state index contributed by atoms with van der Waals surface area (Å²) in [5, 5.41) is 4.40. The van der Waals surface area contributed by atoms with Gasteiger partial charge in [-0.25, -0.2) is 0 Å². The zero-order valence-corrected chi connectivity index (χ0v) is 14.3. The molecule has 1 heterocycles. The Morgan fingerprint density at radius 2 is 1.78 bits per heavy atom. The van der Waals surface area contributed by atoms with Crippen LogP contribution in [0.5, 0.6) is 0 Å². The van der Waals surface area contributed by atoms with Gasteiger partial charge in [-0.2, -0.15) is 13.2 Å². The van der Waals surface area contributed by atoms with Crippen molar-refractivity contribution in [2.24, 2.45) is 0 Å². The van der Waals surface area contributed by atoms with Gasteiger partial charge in [-0.3, -0.25) is 0 Å². The average Bonchev–Trinajstić information content (AvgIpc) is 3.02. The van der Waals surface area contributed by atoms with Gasteiger partial charge in [0, 0.05) is 28.8 Å². The molecule has 0 radical (unpaired) electrons. The Bertz CT molecular complexity index is 553. The molecule has 128 valence electrons. The molecule has 1 aliphatic heterocycles. The molecule has 1 saturated carbocycles. The SMILES string of the molecule is FC(F)(F)c1cc(N2CCOCC2)cc(Br)c1[N-]C1CCCC1. The minimum absolute atomic E-state index is 0.00152. The van der Waals surface area contributed by atoms with Crippen LogP contribution in [0.15, 0.2) is 16.6 Å². The van der Waals surface area contributed by atoms with Crippen molar-refractivity contribution in [1.82, 2.24) is 0 Å². The Kier molecular flexibility index (Phi) is 5.06. The summed E-state index contributed by atoms with van der Waals surface area (Å²) in [4.78, 5) is 1.92. The van der Waals surface area contributed by atoms with E-state index in [1.165, 1.54) is 6.07 Å². The largest absolute Gasteiger partial charge is 0.680 e. The van der Waals surface area contributed by atoms with Crippen LogP contribution in [0.3, 0.4) is 0 Å². The lowest BCUT2D eigenvalue weighted by atomic mass is 10.1. The highest BCUT2D eigenvalue weighted by Crippen LogP contribution is 2.47. The molecule has 0 amide bonds. The molecule has 23 heavy (non-hydrogen) atoms. The number of ether oxygens (including phenoxy) is 1. The number of anilines is 1. The standard InChI is InChI=1S/C16H19BrF3N2O/c17-14-10-12(22-5-7-23-8-6-22)9-13(16(18,19)20)15(14)21-11-3-1-2-4-11/h9-11H,1-8H2/q-1. The van der Waals surface area contributed by atoms with Gasteiger partial charge in [0.15, 0.2) is 0 Å². The maximum absolute atomic E-state index is 13.5. The van der Waals surface area contributed by atoms with E-state index in [0.29, 0.717) is 36.5 Å². The van der Waals surface area contributed by atoms with Gasteiger partial charge in [0.25, 0.3) is 0 Å². The summed E-state index contributed by atoms with van der Waals surface area (Å²) in [6, 6.07) is 2.97. The van der Waals surface area contributed by atoms with Crippen LogP contribution in [0.4, 0.5) is 24.5 Å². The lowest BCUT2D eigenvalue weighted by Gasteiger charge is -2.35. The number of hydrogen-bond acceptors (Lipinski definition) is 2. The first kappa shape index (κ1) is 16.9. The molecule has 1 saturated heterocycles. The predicted molar refractivity (Wildman–Crippen MR) is 87.5 cm³/mol. The lowest BCUT2D eigenvalue weighted by Crippen LogP contribution is -2.36. The fourth-order valence-electron chi connectivity index (χ4n) is 3.15. The molecule has 0 spiro atoms. The van der Waals surface area contributed by atoms with Gasteiger partial charge >= 0.3 is 6.18 Å². The van der Waals surface area contributed by atoms with Crippen LogP contribution in [0.2, 0.25) is 0 Å². The number of hydrogen-bond donors (Lipinski definition) is 0. The quantitative estimate of drug-likeness (QED) is 0.702. The van der Waals surface area contributed by atoms with Crippen LogP contribution < -0.4 is 4.90 Å². The Hall–Kier alpha value is -0.950. The minimum Gasteiger partial charge on any atom is -0.680 e. The monoisotopic (exact) mass is 391 g/mol. The molecule has 0 bridgehead atoms.